The number of benzene rings is 3. The van der Waals surface area contributed by atoms with Gasteiger partial charge in [0.15, 0.2) is 20.4 Å². The molecule has 0 aliphatic heterocycles. The van der Waals surface area contributed by atoms with Gasteiger partial charge in [0.1, 0.15) is 16.2 Å². The second kappa shape index (κ2) is 10.7. The number of aromatic nitrogens is 4. The van der Waals surface area contributed by atoms with Gasteiger partial charge in [-0.3, -0.25) is 13.8 Å². The smallest absolute Gasteiger partial charge is 0.234 e. The second-order valence-corrected chi connectivity index (χ2v) is 11.1. The van der Waals surface area contributed by atoms with Crippen LogP contribution in [0.1, 0.15) is 6.92 Å². The summed E-state index contributed by atoms with van der Waals surface area (Å²) in [5.74, 6) is 1.47. The number of thiazole rings is 1. The number of rotatable bonds is 8. The molecule has 3 heterocycles. The van der Waals surface area contributed by atoms with Crippen LogP contribution in [-0.4, -0.2) is 44.3 Å². The Labute approximate surface area is 237 Å². The number of thioether (sulfide) groups is 1. The Kier molecular flexibility index (Phi) is 6.94. The average Bonchev–Trinajstić information content (AvgIpc) is 3.50. The molecule has 11 heteroatoms. The van der Waals surface area contributed by atoms with E-state index in [0.29, 0.717) is 32.8 Å². The largest absolute Gasteiger partial charge is 0.497 e. The normalized spacial score (nSPS) is 11.3. The number of para-hydroxylation sites is 2. The summed E-state index contributed by atoms with van der Waals surface area (Å²) in [5, 5.41) is 3.59. The number of fused-ring (bicyclic) bond motifs is 5. The summed E-state index contributed by atoms with van der Waals surface area (Å²) in [7, 11) is 1.59. The van der Waals surface area contributed by atoms with E-state index >= 15 is 0 Å². The van der Waals surface area contributed by atoms with Crippen LogP contribution in [0.25, 0.3) is 32.7 Å². The van der Waals surface area contributed by atoms with Crippen LogP contribution in [0.3, 0.4) is 0 Å². The number of amides is 1. The van der Waals surface area contributed by atoms with E-state index in [1.807, 2.05) is 82.6 Å². The highest BCUT2D eigenvalue weighted by Crippen LogP contribution is 2.34. The van der Waals surface area contributed by atoms with Crippen molar-refractivity contribution in [1.82, 2.24) is 18.9 Å². The van der Waals surface area contributed by atoms with E-state index in [4.69, 9.17) is 31.7 Å². The quantitative estimate of drug-likeness (QED) is 0.122. The second-order valence-electron chi connectivity index (χ2n) is 8.51. The molecule has 0 radical (unpaired) electrons. The van der Waals surface area contributed by atoms with Crippen molar-refractivity contribution < 1.29 is 14.3 Å². The minimum Gasteiger partial charge on any atom is -0.497 e. The molecule has 0 saturated carbocycles. The van der Waals surface area contributed by atoms with Gasteiger partial charge in [-0.25, -0.2) is 9.97 Å². The highest BCUT2D eigenvalue weighted by molar-refractivity contribution is 7.99. The molecule has 0 spiro atoms. The summed E-state index contributed by atoms with van der Waals surface area (Å²) in [6.45, 7) is 2.55. The number of anilines is 1. The molecule has 0 fully saturated rings. The first kappa shape index (κ1) is 25.4. The molecule has 196 valence electrons. The number of nitrogens with zero attached hydrogens (tertiary/aromatic N) is 4. The number of ether oxygens (including phenoxy) is 2. The van der Waals surface area contributed by atoms with Gasteiger partial charge in [-0.15, -0.1) is 0 Å². The number of imidazole rings is 1. The molecule has 3 aromatic carbocycles. The third kappa shape index (κ3) is 4.84. The summed E-state index contributed by atoms with van der Waals surface area (Å²) in [5.41, 5.74) is 4.79. The highest BCUT2D eigenvalue weighted by atomic mass is 32.2. The van der Waals surface area contributed by atoms with E-state index in [2.05, 4.69) is 5.32 Å². The Morgan fingerprint density at radius 3 is 2.64 bits per heavy atom. The number of carbonyl (C=O) groups is 1. The molecular formula is C28H23N5O3S3. The SMILES string of the molecule is CCOc1ccc(-n2c(=S)sc3c2nc(SCC(=O)Nc2cccc(OC)c2)n2c4ccccc4nc32)cc1. The molecule has 3 aromatic heterocycles. The fourth-order valence-corrected chi connectivity index (χ4v) is 6.49. The molecule has 0 saturated heterocycles. The van der Waals surface area contributed by atoms with E-state index in [-0.39, 0.29) is 11.7 Å². The minimum atomic E-state index is -0.151. The molecule has 1 amide bonds. The third-order valence-corrected chi connectivity index (χ3v) is 8.33. The van der Waals surface area contributed by atoms with Crippen LogP contribution in [0.15, 0.2) is 78.0 Å². The van der Waals surface area contributed by atoms with Gasteiger partial charge in [-0.2, -0.15) is 0 Å². The van der Waals surface area contributed by atoms with Crippen molar-refractivity contribution in [2.24, 2.45) is 0 Å². The summed E-state index contributed by atoms with van der Waals surface area (Å²) >= 11 is 8.62. The Morgan fingerprint density at radius 2 is 1.85 bits per heavy atom. The van der Waals surface area contributed by atoms with Crippen molar-refractivity contribution >= 4 is 73.9 Å². The van der Waals surface area contributed by atoms with Crippen molar-refractivity contribution in [3.05, 3.63) is 76.8 Å². The van der Waals surface area contributed by atoms with Crippen LogP contribution in [-0.2, 0) is 4.79 Å². The van der Waals surface area contributed by atoms with Crippen molar-refractivity contribution in [2.45, 2.75) is 12.1 Å². The lowest BCUT2D eigenvalue weighted by Gasteiger charge is -2.10. The maximum absolute atomic E-state index is 12.9. The fraction of sp³-hybridized carbons (Fsp3) is 0.143. The number of carbonyl (C=O) groups excluding carboxylic acids is 1. The molecule has 0 aliphatic carbocycles. The number of nitrogens with one attached hydrogen (secondary N) is 1. The standard InChI is InChI=1S/C28H23N5O3S3/c1-3-36-19-13-11-18(12-14-19)32-26-24(39-28(32)37)25-30-21-9-4-5-10-22(21)33(25)27(31-26)38-16-23(34)29-17-7-6-8-20(15-17)35-2/h4-15H,3,16H2,1-2H3,(H,29,34). The highest BCUT2D eigenvalue weighted by Gasteiger charge is 2.20. The maximum Gasteiger partial charge on any atom is 0.234 e. The van der Waals surface area contributed by atoms with Crippen LogP contribution in [0.2, 0.25) is 0 Å². The summed E-state index contributed by atoms with van der Waals surface area (Å²) < 4.78 is 16.4. The van der Waals surface area contributed by atoms with Crippen LogP contribution >= 0.6 is 35.3 Å². The molecule has 0 aliphatic rings. The Balaban J connectivity index is 1.43. The molecule has 6 rings (SSSR count). The van der Waals surface area contributed by atoms with Gasteiger partial charge in [0.05, 0.1) is 30.5 Å². The zero-order valence-electron chi connectivity index (χ0n) is 21.1. The average molecular weight is 574 g/mol. The lowest BCUT2D eigenvalue weighted by atomic mass is 10.3. The van der Waals surface area contributed by atoms with Crippen LogP contribution in [0.4, 0.5) is 5.69 Å². The first-order chi connectivity index (χ1) is 19.1. The molecule has 0 unspecified atom stereocenters. The van der Waals surface area contributed by atoms with Gasteiger partial charge in [-0.05, 0) is 67.7 Å². The fourth-order valence-electron chi connectivity index (χ4n) is 4.34. The van der Waals surface area contributed by atoms with Crippen LogP contribution in [0, 0.1) is 3.95 Å². The molecule has 1 N–H and O–H groups in total. The predicted molar refractivity (Wildman–Crippen MR) is 160 cm³/mol. The first-order valence-corrected chi connectivity index (χ1v) is 14.4. The summed E-state index contributed by atoms with van der Waals surface area (Å²) in [4.78, 5) is 22.9. The van der Waals surface area contributed by atoms with Gasteiger partial charge in [-0.1, -0.05) is 41.3 Å². The van der Waals surface area contributed by atoms with Gasteiger partial charge in [0.2, 0.25) is 5.91 Å². The molecule has 8 nitrogen and oxygen atoms in total. The summed E-state index contributed by atoms with van der Waals surface area (Å²) in [6.07, 6.45) is 0. The topological polar surface area (TPSA) is 82.7 Å². The zero-order chi connectivity index (χ0) is 26.9. The number of hydrogen-bond donors (Lipinski definition) is 1. The van der Waals surface area contributed by atoms with E-state index in [1.165, 1.54) is 23.1 Å². The number of methoxy groups -OCH3 is 1. The van der Waals surface area contributed by atoms with Crippen LogP contribution < -0.4 is 14.8 Å². The van der Waals surface area contributed by atoms with Gasteiger partial charge in [0.25, 0.3) is 0 Å². The first-order valence-electron chi connectivity index (χ1n) is 12.2. The predicted octanol–water partition coefficient (Wildman–Crippen LogP) is 6.76. The van der Waals surface area contributed by atoms with Crippen molar-refractivity contribution in [3.63, 3.8) is 0 Å². The maximum atomic E-state index is 12.9. The lowest BCUT2D eigenvalue weighted by Crippen LogP contribution is -2.14. The van der Waals surface area contributed by atoms with E-state index in [0.717, 1.165) is 32.8 Å². The lowest BCUT2D eigenvalue weighted by molar-refractivity contribution is -0.113. The Hall–Kier alpha value is -3.93. The Morgan fingerprint density at radius 1 is 1.03 bits per heavy atom. The monoisotopic (exact) mass is 573 g/mol. The molecule has 0 atom stereocenters. The van der Waals surface area contributed by atoms with E-state index in [9.17, 15) is 4.79 Å². The summed E-state index contributed by atoms with van der Waals surface area (Å²) in [6, 6.07) is 23.0. The van der Waals surface area contributed by atoms with Crippen molar-refractivity contribution in [2.75, 3.05) is 24.8 Å². The van der Waals surface area contributed by atoms with Gasteiger partial charge >= 0.3 is 0 Å². The van der Waals surface area contributed by atoms with E-state index < -0.39 is 0 Å². The van der Waals surface area contributed by atoms with Gasteiger partial charge in [0, 0.05) is 17.4 Å². The van der Waals surface area contributed by atoms with Crippen molar-refractivity contribution in [1.29, 1.82) is 0 Å². The van der Waals surface area contributed by atoms with Crippen molar-refractivity contribution in [3.8, 4) is 17.2 Å². The molecular weight excluding hydrogens is 551 g/mol. The third-order valence-electron chi connectivity index (χ3n) is 6.04. The van der Waals surface area contributed by atoms with E-state index in [1.54, 1.807) is 13.2 Å². The Bertz CT molecular complexity index is 1890. The van der Waals surface area contributed by atoms with Gasteiger partial charge < -0.3 is 14.8 Å². The molecule has 39 heavy (non-hydrogen) atoms. The minimum absolute atomic E-state index is 0.151. The number of hydrogen-bond acceptors (Lipinski definition) is 8. The zero-order valence-corrected chi connectivity index (χ0v) is 23.5. The van der Waals surface area contributed by atoms with Crippen LogP contribution in [0.5, 0.6) is 11.5 Å². The molecule has 0 bridgehead atoms. The molecule has 6 aromatic rings.